The second kappa shape index (κ2) is 11.9. The van der Waals surface area contributed by atoms with Gasteiger partial charge in [-0.2, -0.15) is 4.98 Å². The molecule has 0 bridgehead atoms. The molecule has 3 aromatic rings. The summed E-state index contributed by atoms with van der Waals surface area (Å²) in [6.45, 7) is 3.83. The van der Waals surface area contributed by atoms with Crippen molar-refractivity contribution in [2.45, 2.75) is 45.3 Å². The molecule has 0 spiro atoms. The quantitative estimate of drug-likeness (QED) is 0.407. The number of nitrogens with zero attached hydrogens (tertiary/aromatic N) is 6. The lowest BCUT2D eigenvalue weighted by Crippen LogP contribution is -2.33. The maximum absolute atomic E-state index is 9.78. The summed E-state index contributed by atoms with van der Waals surface area (Å²) in [7, 11) is 1.60. The molecular formula is C25H30ClN7O2. The normalized spacial score (nSPS) is 15.9. The number of anilines is 2. The largest absolute Gasteiger partial charge is 0.495 e. The zero-order valence-corrected chi connectivity index (χ0v) is 20.7. The van der Waals surface area contributed by atoms with Crippen molar-refractivity contribution in [2.24, 2.45) is 4.99 Å². The average molecular weight is 496 g/mol. The lowest BCUT2D eigenvalue weighted by Gasteiger charge is -2.24. The van der Waals surface area contributed by atoms with Gasteiger partial charge in [0, 0.05) is 37.4 Å². The van der Waals surface area contributed by atoms with Gasteiger partial charge < -0.3 is 20.1 Å². The molecule has 1 fully saturated rings. The van der Waals surface area contributed by atoms with Crippen molar-refractivity contribution in [3.63, 3.8) is 0 Å². The van der Waals surface area contributed by atoms with Crippen LogP contribution in [0.15, 0.2) is 47.8 Å². The van der Waals surface area contributed by atoms with E-state index in [-0.39, 0.29) is 12.6 Å². The van der Waals surface area contributed by atoms with Crippen LogP contribution in [-0.4, -0.2) is 57.1 Å². The molecule has 4 rings (SSSR count). The van der Waals surface area contributed by atoms with Gasteiger partial charge in [0.15, 0.2) is 0 Å². The molecule has 184 valence electrons. The monoisotopic (exact) mass is 495 g/mol. The number of methoxy groups -OCH3 is 1. The molecule has 1 atom stereocenters. The molecule has 2 N–H and O–H groups in total. The minimum atomic E-state index is 0.0311. The van der Waals surface area contributed by atoms with Crippen LogP contribution in [-0.2, 0) is 13.1 Å². The Labute approximate surface area is 210 Å². The summed E-state index contributed by atoms with van der Waals surface area (Å²) in [6.07, 6.45) is 7.85. The van der Waals surface area contributed by atoms with Crippen molar-refractivity contribution in [2.75, 3.05) is 30.5 Å². The molecule has 1 aliphatic heterocycles. The molecule has 1 saturated heterocycles. The van der Waals surface area contributed by atoms with Gasteiger partial charge in [0.2, 0.25) is 5.95 Å². The van der Waals surface area contributed by atoms with Gasteiger partial charge in [-0.1, -0.05) is 24.6 Å². The van der Waals surface area contributed by atoms with Crippen LogP contribution in [0.1, 0.15) is 43.1 Å². The molecule has 0 radical (unpaired) electrons. The van der Waals surface area contributed by atoms with E-state index in [4.69, 9.17) is 26.3 Å². The SMILES string of the molecule is CCC(=NCc1ncccn1)c1cnc(N2CCCC2CO)nc1NCc1ccc(OC)c(Cl)c1. The Kier molecular flexibility index (Phi) is 8.44. The summed E-state index contributed by atoms with van der Waals surface area (Å²) in [6, 6.07) is 7.50. The maximum Gasteiger partial charge on any atom is 0.227 e. The fourth-order valence-corrected chi connectivity index (χ4v) is 4.40. The van der Waals surface area contributed by atoms with Crippen LogP contribution in [0.4, 0.5) is 11.8 Å². The highest BCUT2D eigenvalue weighted by molar-refractivity contribution is 6.32. The Hall–Kier alpha value is -3.30. The van der Waals surface area contributed by atoms with Gasteiger partial charge in [-0.3, -0.25) is 4.99 Å². The highest BCUT2D eigenvalue weighted by atomic mass is 35.5. The number of ether oxygens (including phenoxy) is 1. The highest BCUT2D eigenvalue weighted by Crippen LogP contribution is 2.27. The molecule has 1 aromatic carbocycles. The topological polar surface area (TPSA) is 109 Å². The fraction of sp³-hybridized carbons (Fsp3) is 0.400. The first-order valence-electron chi connectivity index (χ1n) is 11.7. The molecule has 2 aromatic heterocycles. The van der Waals surface area contributed by atoms with Crippen LogP contribution in [0, 0.1) is 0 Å². The molecule has 0 aliphatic carbocycles. The van der Waals surface area contributed by atoms with Crippen LogP contribution in [0.5, 0.6) is 5.75 Å². The van der Waals surface area contributed by atoms with Gasteiger partial charge in [-0.05, 0) is 43.0 Å². The lowest BCUT2D eigenvalue weighted by atomic mass is 10.1. The predicted octanol–water partition coefficient (Wildman–Crippen LogP) is 3.90. The van der Waals surface area contributed by atoms with Gasteiger partial charge >= 0.3 is 0 Å². The van der Waals surface area contributed by atoms with E-state index in [1.807, 2.05) is 31.3 Å². The number of halogens is 1. The zero-order valence-electron chi connectivity index (χ0n) is 20.0. The van der Waals surface area contributed by atoms with Crippen molar-refractivity contribution >= 4 is 29.1 Å². The van der Waals surface area contributed by atoms with Crippen molar-refractivity contribution in [1.82, 2.24) is 19.9 Å². The Morgan fingerprint density at radius 1 is 1.29 bits per heavy atom. The number of aliphatic hydroxyl groups excluding tert-OH is 1. The molecule has 0 amide bonds. The fourth-order valence-electron chi connectivity index (χ4n) is 4.12. The van der Waals surface area contributed by atoms with Crippen LogP contribution >= 0.6 is 11.6 Å². The summed E-state index contributed by atoms with van der Waals surface area (Å²) in [4.78, 5) is 24.9. The molecule has 1 aliphatic rings. The second-order valence-corrected chi connectivity index (χ2v) is 8.62. The number of aliphatic imine (C=N–C) groups is 1. The van der Waals surface area contributed by atoms with Crippen molar-refractivity contribution in [1.29, 1.82) is 0 Å². The third kappa shape index (κ3) is 6.04. The molecule has 3 heterocycles. The van der Waals surface area contributed by atoms with E-state index in [2.05, 4.69) is 25.2 Å². The average Bonchev–Trinajstić information content (AvgIpc) is 3.38. The number of nitrogens with one attached hydrogen (secondary N) is 1. The first kappa shape index (κ1) is 24.8. The minimum Gasteiger partial charge on any atom is -0.495 e. The van der Waals surface area contributed by atoms with E-state index in [0.29, 0.717) is 47.9 Å². The minimum absolute atomic E-state index is 0.0311. The van der Waals surface area contributed by atoms with E-state index in [1.165, 1.54) is 0 Å². The highest BCUT2D eigenvalue weighted by Gasteiger charge is 2.27. The van der Waals surface area contributed by atoms with E-state index < -0.39 is 0 Å². The van der Waals surface area contributed by atoms with Crippen molar-refractivity contribution < 1.29 is 9.84 Å². The van der Waals surface area contributed by atoms with E-state index in [0.717, 1.165) is 36.2 Å². The molecule has 1 unspecified atom stereocenters. The van der Waals surface area contributed by atoms with Crippen LogP contribution in [0.2, 0.25) is 5.02 Å². The zero-order chi connectivity index (χ0) is 24.6. The summed E-state index contributed by atoms with van der Waals surface area (Å²) >= 11 is 6.32. The van der Waals surface area contributed by atoms with Gasteiger partial charge in [-0.15, -0.1) is 0 Å². The predicted molar refractivity (Wildman–Crippen MR) is 137 cm³/mol. The summed E-state index contributed by atoms with van der Waals surface area (Å²) in [5.74, 6) is 2.57. The summed E-state index contributed by atoms with van der Waals surface area (Å²) in [5.41, 5.74) is 2.68. The first-order chi connectivity index (χ1) is 17.1. The van der Waals surface area contributed by atoms with E-state index in [1.54, 1.807) is 25.6 Å². The number of hydrogen-bond donors (Lipinski definition) is 2. The third-order valence-corrected chi connectivity index (χ3v) is 6.27. The van der Waals surface area contributed by atoms with Crippen molar-refractivity contribution in [3.8, 4) is 5.75 Å². The van der Waals surface area contributed by atoms with Gasteiger partial charge in [0.25, 0.3) is 0 Å². The molecular weight excluding hydrogens is 466 g/mol. The maximum atomic E-state index is 9.78. The molecule has 35 heavy (non-hydrogen) atoms. The molecule has 9 nitrogen and oxygen atoms in total. The first-order valence-corrected chi connectivity index (χ1v) is 12.1. The Morgan fingerprint density at radius 2 is 2.11 bits per heavy atom. The number of hydrogen-bond acceptors (Lipinski definition) is 9. The van der Waals surface area contributed by atoms with E-state index >= 15 is 0 Å². The Balaban J connectivity index is 1.64. The van der Waals surface area contributed by atoms with Gasteiger partial charge in [-0.25, -0.2) is 15.0 Å². The third-order valence-electron chi connectivity index (χ3n) is 5.97. The Bertz CT molecular complexity index is 1160. The van der Waals surface area contributed by atoms with Gasteiger partial charge in [0.05, 0.1) is 36.9 Å². The lowest BCUT2D eigenvalue weighted by molar-refractivity contribution is 0.265. The second-order valence-electron chi connectivity index (χ2n) is 8.21. The molecule has 10 heteroatoms. The number of aromatic nitrogens is 4. The van der Waals surface area contributed by atoms with Crippen LogP contribution in [0.25, 0.3) is 0 Å². The smallest absolute Gasteiger partial charge is 0.227 e. The van der Waals surface area contributed by atoms with E-state index in [9.17, 15) is 5.11 Å². The number of benzene rings is 1. The Morgan fingerprint density at radius 3 is 2.83 bits per heavy atom. The van der Waals surface area contributed by atoms with Crippen LogP contribution < -0.4 is 15.0 Å². The van der Waals surface area contributed by atoms with Crippen LogP contribution in [0.3, 0.4) is 0 Å². The number of aliphatic hydroxyl groups is 1. The molecule has 0 saturated carbocycles. The number of rotatable bonds is 10. The summed E-state index contributed by atoms with van der Waals surface area (Å²) < 4.78 is 5.26. The summed E-state index contributed by atoms with van der Waals surface area (Å²) in [5, 5.41) is 13.8. The van der Waals surface area contributed by atoms with Gasteiger partial charge in [0.1, 0.15) is 17.4 Å². The van der Waals surface area contributed by atoms with Crippen molar-refractivity contribution in [3.05, 3.63) is 64.8 Å². The standard InChI is InChI=1S/C25H30ClN7O2/c1-3-21(29-15-23-27-9-5-10-28-23)19-14-31-25(33-11-4-6-18(33)16-34)32-24(19)30-13-17-7-8-22(35-2)20(26)12-17/h5,7-10,12,14,18,34H,3-4,6,11,13,15-16H2,1-2H3,(H,30,31,32).